The predicted octanol–water partition coefficient (Wildman–Crippen LogP) is 5.76. The number of carboxylic acids is 1. The Kier molecular flexibility index (Phi) is 7.99. The average Bonchev–Trinajstić information content (AvgIpc) is 2.91. The van der Waals surface area contributed by atoms with Gasteiger partial charge in [-0.25, -0.2) is 0 Å². The average molecular weight is 514 g/mol. The SMILES string of the molecule is CCOc1cccc2c1O[C@@](C)(CCC(=O)O)[C@@H]1C[C@@H]3CN(C(=O)CCC4CCCCC4)CC[C@H]3O[C@@H]21. The van der Waals surface area contributed by atoms with E-state index in [0.717, 1.165) is 37.9 Å². The van der Waals surface area contributed by atoms with Crippen molar-refractivity contribution < 1.29 is 28.9 Å². The highest BCUT2D eigenvalue weighted by molar-refractivity contribution is 5.76. The molecule has 1 N–H and O–H groups in total. The number of hydrogen-bond acceptors (Lipinski definition) is 5. The zero-order chi connectivity index (χ0) is 26.0. The molecule has 7 nitrogen and oxygen atoms in total. The molecule has 1 aromatic carbocycles. The molecule has 37 heavy (non-hydrogen) atoms. The second-order valence-electron chi connectivity index (χ2n) is 11.8. The second-order valence-corrected chi connectivity index (χ2v) is 11.8. The predicted molar refractivity (Wildman–Crippen MR) is 140 cm³/mol. The molecule has 1 aromatic rings. The molecule has 3 fully saturated rings. The zero-order valence-corrected chi connectivity index (χ0v) is 22.5. The van der Waals surface area contributed by atoms with Gasteiger partial charge in [-0.05, 0) is 51.5 Å². The fourth-order valence-corrected chi connectivity index (χ4v) is 7.23. The molecule has 5 atom stereocenters. The smallest absolute Gasteiger partial charge is 0.303 e. The van der Waals surface area contributed by atoms with Crippen molar-refractivity contribution in [1.29, 1.82) is 0 Å². The standard InChI is InChI=1S/C30H43NO6/c1-3-35-25-11-7-10-22-28-23(30(2,37-29(22)25)16-14-27(33)34)18-21-19-31(17-15-24(21)36-28)26(32)13-12-20-8-5-4-6-9-20/h7,10-11,20-21,23-24,28H,3-6,8-9,12-19H2,1-2H3,(H,33,34)/t21-,23-,24-,28+,30+/m1/s1. The first kappa shape index (κ1) is 26.3. The summed E-state index contributed by atoms with van der Waals surface area (Å²) in [5.74, 6) is 1.78. The van der Waals surface area contributed by atoms with E-state index in [0.29, 0.717) is 36.9 Å². The normalized spacial score (nSPS) is 31.5. The Labute approximate surface area is 220 Å². The minimum Gasteiger partial charge on any atom is -0.490 e. The molecule has 5 rings (SSSR count). The highest BCUT2D eigenvalue weighted by Gasteiger charge is 2.54. The molecule has 0 radical (unpaired) electrons. The highest BCUT2D eigenvalue weighted by Crippen LogP contribution is 2.56. The number of carboxylic acid groups (broad SMARTS) is 1. The summed E-state index contributed by atoms with van der Waals surface area (Å²) in [5, 5.41) is 9.46. The van der Waals surface area contributed by atoms with Crippen LogP contribution in [0.4, 0.5) is 0 Å². The van der Waals surface area contributed by atoms with Gasteiger partial charge < -0.3 is 24.2 Å². The molecule has 1 aliphatic carbocycles. The third-order valence-electron chi connectivity index (χ3n) is 9.32. The number of likely N-dealkylation sites (tertiary alicyclic amines) is 1. The van der Waals surface area contributed by atoms with Crippen molar-refractivity contribution in [2.45, 2.75) is 102 Å². The first-order valence-electron chi connectivity index (χ1n) is 14.5. The van der Waals surface area contributed by atoms with E-state index < -0.39 is 11.6 Å². The van der Waals surface area contributed by atoms with Crippen LogP contribution in [-0.2, 0) is 14.3 Å². The van der Waals surface area contributed by atoms with Gasteiger partial charge in [-0.15, -0.1) is 0 Å². The van der Waals surface area contributed by atoms with Crippen molar-refractivity contribution in [2.75, 3.05) is 19.7 Å². The largest absolute Gasteiger partial charge is 0.490 e. The molecule has 0 unspecified atom stereocenters. The van der Waals surface area contributed by atoms with Crippen molar-refractivity contribution in [3.8, 4) is 11.5 Å². The summed E-state index contributed by atoms with van der Waals surface area (Å²) in [4.78, 5) is 26.7. The van der Waals surface area contributed by atoms with Gasteiger partial charge in [0.15, 0.2) is 11.5 Å². The molecule has 2 saturated heterocycles. The van der Waals surface area contributed by atoms with Crippen molar-refractivity contribution in [1.82, 2.24) is 4.90 Å². The van der Waals surface area contributed by atoms with E-state index in [1.54, 1.807) is 0 Å². The molecule has 204 valence electrons. The van der Waals surface area contributed by atoms with E-state index in [4.69, 9.17) is 14.2 Å². The van der Waals surface area contributed by atoms with E-state index in [1.165, 1.54) is 32.1 Å². The highest BCUT2D eigenvalue weighted by atomic mass is 16.5. The molecule has 0 aromatic heterocycles. The summed E-state index contributed by atoms with van der Waals surface area (Å²) in [6, 6.07) is 5.94. The summed E-state index contributed by atoms with van der Waals surface area (Å²) in [6.07, 6.45) is 10.2. The monoisotopic (exact) mass is 513 g/mol. The molecule has 1 saturated carbocycles. The van der Waals surface area contributed by atoms with E-state index in [1.807, 2.05) is 26.0 Å². The van der Waals surface area contributed by atoms with Gasteiger partial charge in [-0.1, -0.05) is 44.2 Å². The quantitative estimate of drug-likeness (QED) is 0.476. The lowest BCUT2D eigenvalue weighted by molar-refractivity contribution is -0.195. The van der Waals surface area contributed by atoms with Crippen molar-refractivity contribution in [3.05, 3.63) is 23.8 Å². The van der Waals surface area contributed by atoms with E-state index in [9.17, 15) is 14.7 Å². The summed E-state index contributed by atoms with van der Waals surface area (Å²) in [7, 11) is 0. The third-order valence-corrected chi connectivity index (χ3v) is 9.32. The first-order chi connectivity index (χ1) is 17.9. The molecule has 4 aliphatic rings. The number of piperidine rings is 1. The maximum absolute atomic E-state index is 13.1. The second kappa shape index (κ2) is 11.2. The Morgan fingerprint density at radius 3 is 2.73 bits per heavy atom. The van der Waals surface area contributed by atoms with E-state index >= 15 is 0 Å². The number of benzene rings is 1. The van der Waals surface area contributed by atoms with Crippen LogP contribution in [0.5, 0.6) is 11.5 Å². The number of para-hydroxylation sites is 1. The summed E-state index contributed by atoms with van der Waals surface area (Å²) >= 11 is 0. The van der Waals surface area contributed by atoms with E-state index in [-0.39, 0.29) is 36.4 Å². The number of carbonyl (C=O) groups excluding carboxylic acids is 1. The van der Waals surface area contributed by atoms with Crippen LogP contribution in [-0.4, -0.2) is 53.3 Å². The molecule has 1 amide bonds. The van der Waals surface area contributed by atoms with Gasteiger partial charge in [-0.2, -0.15) is 0 Å². The van der Waals surface area contributed by atoms with Gasteiger partial charge >= 0.3 is 5.97 Å². The number of ether oxygens (including phenoxy) is 3. The molecule has 0 spiro atoms. The van der Waals surface area contributed by atoms with Crippen molar-refractivity contribution in [2.24, 2.45) is 17.8 Å². The van der Waals surface area contributed by atoms with Gasteiger partial charge in [0.1, 0.15) is 5.60 Å². The fraction of sp³-hybridized carbons (Fsp3) is 0.733. The van der Waals surface area contributed by atoms with Crippen LogP contribution in [0.2, 0.25) is 0 Å². The van der Waals surface area contributed by atoms with Crippen LogP contribution in [0.3, 0.4) is 0 Å². The van der Waals surface area contributed by atoms with Gasteiger partial charge in [0.25, 0.3) is 0 Å². The van der Waals surface area contributed by atoms with Crippen LogP contribution in [0.15, 0.2) is 18.2 Å². The van der Waals surface area contributed by atoms with Crippen LogP contribution < -0.4 is 9.47 Å². The molecule has 7 heteroatoms. The molecule has 3 heterocycles. The molecule has 0 bridgehead atoms. The topological polar surface area (TPSA) is 85.3 Å². The number of hydrogen-bond donors (Lipinski definition) is 1. The summed E-state index contributed by atoms with van der Waals surface area (Å²) < 4.78 is 19.3. The summed E-state index contributed by atoms with van der Waals surface area (Å²) in [5.41, 5.74) is 0.301. The Bertz CT molecular complexity index is 975. The zero-order valence-electron chi connectivity index (χ0n) is 22.5. The molecular formula is C30H43NO6. The number of aliphatic carboxylic acids is 1. The number of nitrogens with zero attached hydrogens (tertiary/aromatic N) is 1. The number of fused-ring (bicyclic) bond motifs is 4. The number of carbonyl (C=O) groups is 2. The number of amides is 1. The lowest BCUT2D eigenvalue weighted by Gasteiger charge is -2.54. The number of rotatable bonds is 8. The molecule has 3 aliphatic heterocycles. The van der Waals surface area contributed by atoms with Gasteiger partial charge in [0.2, 0.25) is 5.91 Å². The Morgan fingerprint density at radius 2 is 1.97 bits per heavy atom. The lowest BCUT2D eigenvalue weighted by Crippen LogP contribution is -2.57. The minimum absolute atomic E-state index is 0.00904. The minimum atomic E-state index is -0.827. The maximum Gasteiger partial charge on any atom is 0.303 e. The summed E-state index contributed by atoms with van der Waals surface area (Å²) in [6.45, 7) is 5.97. The van der Waals surface area contributed by atoms with Crippen LogP contribution >= 0.6 is 0 Å². The van der Waals surface area contributed by atoms with E-state index in [2.05, 4.69) is 11.0 Å². The fourth-order valence-electron chi connectivity index (χ4n) is 7.23. The van der Waals surface area contributed by atoms with Crippen LogP contribution in [0.1, 0.15) is 96.1 Å². The van der Waals surface area contributed by atoms with Crippen LogP contribution in [0, 0.1) is 17.8 Å². The van der Waals surface area contributed by atoms with Gasteiger partial charge in [0, 0.05) is 43.3 Å². The van der Waals surface area contributed by atoms with Gasteiger partial charge in [0.05, 0.1) is 18.8 Å². The molecular weight excluding hydrogens is 470 g/mol. The first-order valence-corrected chi connectivity index (χ1v) is 14.5. The van der Waals surface area contributed by atoms with Crippen LogP contribution in [0.25, 0.3) is 0 Å². The third kappa shape index (κ3) is 5.62. The Balaban J connectivity index is 1.32. The Hall–Kier alpha value is -2.28. The van der Waals surface area contributed by atoms with Gasteiger partial charge in [-0.3, -0.25) is 9.59 Å². The van der Waals surface area contributed by atoms with Crippen molar-refractivity contribution in [3.63, 3.8) is 0 Å². The maximum atomic E-state index is 13.1. The Morgan fingerprint density at radius 1 is 1.16 bits per heavy atom. The van der Waals surface area contributed by atoms with Crippen molar-refractivity contribution >= 4 is 11.9 Å². The lowest BCUT2D eigenvalue weighted by atomic mass is 9.68.